The Morgan fingerprint density at radius 2 is 1.91 bits per heavy atom. The fourth-order valence-corrected chi connectivity index (χ4v) is 2.05. The van der Waals surface area contributed by atoms with Crippen LogP contribution in [0.15, 0.2) is 42.6 Å². The maximum atomic E-state index is 12.6. The number of nitriles is 1. The highest BCUT2D eigenvalue weighted by molar-refractivity contribution is 6.14. The molecule has 1 amide bonds. The van der Waals surface area contributed by atoms with Gasteiger partial charge in [0.1, 0.15) is 5.69 Å². The third-order valence-electron chi connectivity index (χ3n) is 3.18. The maximum Gasteiger partial charge on any atom is 0.253 e. The first kappa shape index (κ1) is 15.4. The van der Waals surface area contributed by atoms with Gasteiger partial charge in [-0.05, 0) is 24.6 Å². The molecule has 0 saturated heterocycles. The SMILES string of the molecule is Cc1ccccc1C(=O)c1ncccc1C(=O)NCCC#N. The van der Waals surface area contributed by atoms with E-state index in [1.165, 1.54) is 6.20 Å². The molecule has 0 aliphatic heterocycles. The molecular weight excluding hydrogens is 278 g/mol. The molecule has 1 aromatic heterocycles. The third-order valence-corrected chi connectivity index (χ3v) is 3.18. The molecule has 2 aromatic rings. The van der Waals surface area contributed by atoms with Crippen LogP contribution in [0.25, 0.3) is 0 Å². The Hall–Kier alpha value is -3.00. The molecule has 5 nitrogen and oxygen atoms in total. The van der Waals surface area contributed by atoms with Gasteiger partial charge in [0.05, 0.1) is 18.1 Å². The smallest absolute Gasteiger partial charge is 0.253 e. The maximum absolute atomic E-state index is 12.6. The number of aromatic nitrogens is 1. The van der Waals surface area contributed by atoms with E-state index >= 15 is 0 Å². The average molecular weight is 293 g/mol. The number of pyridine rings is 1. The van der Waals surface area contributed by atoms with E-state index in [2.05, 4.69) is 10.3 Å². The summed E-state index contributed by atoms with van der Waals surface area (Å²) in [5, 5.41) is 11.1. The minimum atomic E-state index is -0.403. The van der Waals surface area contributed by atoms with Crippen molar-refractivity contribution in [1.29, 1.82) is 5.26 Å². The van der Waals surface area contributed by atoms with Gasteiger partial charge in [0.15, 0.2) is 0 Å². The van der Waals surface area contributed by atoms with Gasteiger partial charge in [0, 0.05) is 18.3 Å². The van der Waals surface area contributed by atoms with Gasteiger partial charge in [0.25, 0.3) is 5.91 Å². The topological polar surface area (TPSA) is 82.8 Å². The van der Waals surface area contributed by atoms with Crippen molar-refractivity contribution in [3.63, 3.8) is 0 Å². The lowest BCUT2D eigenvalue weighted by Gasteiger charge is -2.09. The highest BCUT2D eigenvalue weighted by Crippen LogP contribution is 2.15. The van der Waals surface area contributed by atoms with E-state index in [9.17, 15) is 9.59 Å². The summed E-state index contributed by atoms with van der Waals surface area (Å²) in [5.41, 5.74) is 1.68. The van der Waals surface area contributed by atoms with E-state index in [0.717, 1.165) is 5.56 Å². The van der Waals surface area contributed by atoms with E-state index in [4.69, 9.17) is 5.26 Å². The summed E-state index contributed by atoms with van der Waals surface area (Å²) < 4.78 is 0. The van der Waals surface area contributed by atoms with Crippen LogP contribution in [0.1, 0.15) is 38.4 Å². The molecule has 2 rings (SSSR count). The molecule has 1 N–H and O–H groups in total. The zero-order valence-electron chi connectivity index (χ0n) is 12.2. The minimum absolute atomic E-state index is 0.117. The molecular formula is C17H15N3O2. The van der Waals surface area contributed by atoms with Crippen LogP contribution in [0.4, 0.5) is 0 Å². The largest absolute Gasteiger partial charge is 0.351 e. The molecule has 110 valence electrons. The second-order valence-electron chi connectivity index (χ2n) is 4.71. The predicted octanol–water partition coefficient (Wildman–Crippen LogP) is 2.26. The van der Waals surface area contributed by atoms with E-state index in [1.54, 1.807) is 24.3 Å². The van der Waals surface area contributed by atoms with Crippen LogP contribution in [-0.4, -0.2) is 23.2 Å². The first-order valence-electron chi connectivity index (χ1n) is 6.85. The van der Waals surface area contributed by atoms with Crippen molar-refractivity contribution in [2.75, 3.05) is 6.54 Å². The van der Waals surface area contributed by atoms with Crippen molar-refractivity contribution < 1.29 is 9.59 Å². The van der Waals surface area contributed by atoms with Gasteiger partial charge in [-0.1, -0.05) is 24.3 Å². The van der Waals surface area contributed by atoms with E-state index in [-0.39, 0.29) is 30.0 Å². The normalized spacial score (nSPS) is 9.82. The summed E-state index contributed by atoms with van der Waals surface area (Å²) in [6.45, 7) is 2.07. The Balaban J connectivity index is 2.33. The second-order valence-corrected chi connectivity index (χ2v) is 4.71. The summed E-state index contributed by atoms with van der Waals surface area (Å²) in [5.74, 6) is -0.690. The Bertz CT molecular complexity index is 748. The fraction of sp³-hybridized carbons (Fsp3) is 0.176. The Kier molecular flexibility index (Phi) is 4.99. The summed E-state index contributed by atoms with van der Waals surface area (Å²) >= 11 is 0. The van der Waals surface area contributed by atoms with E-state index < -0.39 is 5.91 Å². The fourth-order valence-electron chi connectivity index (χ4n) is 2.05. The molecule has 0 saturated carbocycles. The standard InChI is InChI=1S/C17H15N3O2/c1-12-6-2-3-7-13(12)16(21)15-14(8-4-10-19-15)17(22)20-11-5-9-18/h2-4,6-8,10H,5,11H2,1H3,(H,20,22). The molecule has 5 heteroatoms. The van der Waals surface area contributed by atoms with Crippen molar-refractivity contribution in [2.45, 2.75) is 13.3 Å². The van der Waals surface area contributed by atoms with Crippen molar-refractivity contribution >= 4 is 11.7 Å². The van der Waals surface area contributed by atoms with Gasteiger partial charge in [-0.25, -0.2) is 0 Å². The number of amides is 1. The summed E-state index contributed by atoms with van der Waals surface area (Å²) in [4.78, 5) is 28.8. The van der Waals surface area contributed by atoms with Crippen molar-refractivity contribution in [1.82, 2.24) is 10.3 Å². The number of nitrogens with one attached hydrogen (secondary N) is 1. The number of rotatable bonds is 5. The molecule has 0 aliphatic carbocycles. The van der Waals surface area contributed by atoms with Crippen LogP contribution >= 0.6 is 0 Å². The molecule has 0 atom stereocenters. The van der Waals surface area contributed by atoms with Crippen LogP contribution < -0.4 is 5.32 Å². The first-order valence-corrected chi connectivity index (χ1v) is 6.85. The van der Waals surface area contributed by atoms with Crippen molar-refractivity contribution in [2.24, 2.45) is 0 Å². The minimum Gasteiger partial charge on any atom is -0.351 e. The Labute approximate surface area is 128 Å². The zero-order valence-corrected chi connectivity index (χ0v) is 12.2. The molecule has 22 heavy (non-hydrogen) atoms. The lowest BCUT2D eigenvalue weighted by atomic mass is 9.99. The molecule has 0 unspecified atom stereocenters. The highest BCUT2D eigenvalue weighted by atomic mass is 16.2. The molecule has 1 heterocycles. The average Bonchev–Trinajstić information content (AvgIpc) is 2.55. The molecule has 0 bridgehead atoms. The predicted molar refractivity (Wildman–Crippen MR) is 81.4 cm³/mol. The molecule has 0 fully saturated rings. The summed E-state index contributed by atoms with van der Waals surface area (Å²) in [6.07, 6.45) is 1.70. The lowest BCUT2D eigenvalue weighted by Crippen LogP contribution is -2.26. The van der Waals surface area contributed by atoms with Gasteiger partial charge < -0.3 is 5.32 Å². The van der Waals surface area contributed by atoms with Gasteiger partial charge >= 0.3 is 0 Å². The third kappa shape index (κ3) is 3.36. The van der Waals surface area contributed by atoms with Crippen molar-refractivity contribution in [3.05, 3.63) is 65.0 Å². The lowest BCUT2D eigenvalue weighted by molar-refractivity contribution is 0.0941. The molecule has 0 radical (unpaired) electrons. The Morgan fingerprint density at radius 3 is 2.64 bits per heavy atom. The number of hydrogen-bond acceptors (Lipinski definition) is 4. The number of benzene rings is 1. The molecule has 0 spiro atoms. The number of ketones is 1. The van der Waals surface area contributed by atoms with Gasteiger partial charge in [-0.3, -0.25) is 14.6 Å². The number of hydrogen-bond donors (Lipinski definition) is 1. The first-order chi connectivity index (χ1) is 10.6. The number of nitrogens with zero attached hydrogens (tertiary/aromatic N) is 2. The van der Waals surface area contributed by atoms with Crippen LogP contribution in [-0.2, 0) is 0 Å². The van der Waals surface area contributed by atoms with Crippen molar-refractivity contribution in [3.8, 4) is 6.07 Å². The van der Waals surface area contributed by atoms with E-state index in [0.29, 0.717) is 5.56 Å². The molecule has 0 aliphatic rings. The quantitative estimate of drug-likeness (QED) is 0.677. The van der Waals surface area contributed by atoms with Gasteiger partial charge in [-0.2, -0.15) is 5.26 Å². The van der Waals surface area contributed by atoms with Crippen LogP contribution in [0.5, 0.6) is 0 Å². The van der Waals surface area contributed by atoms with Gasteiger partial charge in [-0.15, -0.1) is 0 Å². The van der Waals surface area contributed by atoms with Crippen LogP contribution in [0.3, 0.4) is 0 Å². The summed E-state index contributed by atoms with van der Waals surface area (Å²) in [7, 11) is 0. The second kappa shape index (κ2) is 7.14. The molecule has 1 aromatic carbocycles. The Morgan fingerprint density at radius 1 is 1.18 bits per heavy atom. The zero-order chi connectivity index (χ0) is 15.9. The van der Waals surface area contributed by atoms with E-state index in [1.807, 2.05) is 25.1 Å². The highest BCUT2D eigenvalue weighted by Gasteiger charge is 2.20. The number of carbonyl (C=O) groups excluding carboxylic acids is 2. The van der Waals surface area contributed by atoms with Crippen LogP contribution in [0, 0.1) is 18.3 Å². The summed E-state index contributed by atoms with van der Waals surface area (Å²) in [6, 6.07) is 12.3. The number of carbonyl (C=O) groups is 2. The monoisotopic (exact) mass is 293 g/mol. The van der Waals surface area contributed by atoms with Gasteiger partial charge in [0.2, 0.25) is 5.78 Å². The van der Waals surface area contributed by atoms with Crippen LogP contribution in [0.2, 0.25) is 0 Å². The number of aryl methyl sites for hydroxylation is 1.